The van der Waals surface area contributed by atoms with Gasteiger partial charge in [-0.25, -0.2) is 18.2 Å². The zero-order valence-corrected chi connectivity index (χ0v) is 12.4. The number of halogens is 3. The maximum atomic E-state index is 13.2. The Morgan fingerprint density at radius 3 is 2.58 bits per heavy atom. The van der Waals surface area contributed by atoms with Crippen LogP contribution in [0.5, 0.6) is 0 Å². The molecule has 9 heteroatoms. The molecule has 2 N–H and O–H groups in total. The average Bonchev–Trinajstić information content (AvgIpc) is 3.23. The van der Waals surface area contributed by atoms with Gasteiger partial charge in [-0.05, 0) is 6.42 Å². The summed E-state index contributed by atoms with van der Waals surface area (Å²) in [6.07, 6.45) is 3.18. The van der Waals surface area contributed by atoms with Crippen molar-refractivity contribution in [3.63, 3.8) is 0 Å². The van der Waals surface area contributed by atoms with Gasteiger partial charge in [0.1, 0.15) is 5.69 Å². The minimum absolute atomic E-state index is 0.172. The Kier molecular flexibility index (Phi) is 4.24. The lowest BCUT2D eigenvalue weighted by Crippen LogP contribution is -2.31. The van der Waals surface area contributed by atoms with E-state index in [1.807, 2.05) is 0 Å². The van der Waals surface area contributed by atoms with Gasteiger partial charge in [-0.15, -0.1) is 0 Å². The molecule has 1 aliphatic heterocycles. The maximum absolute atomic E-state index is 13.2. The SMILES string of the molecule is O=C(Nc1cc(F)c(F)c(F)c1)[C@H]1CCN(C(=O)c2cnc[nH]2)C1. The van der Waals surface area contributed by atoms with E-state index >= 15 is 0 Å². The minimum atomic E-state index is -1.59. The van der Waals surface area contributed by atoms with Crippen molar-refractivity contribution < 1.29 is 22.8 Å². The van der Waals surface area contributed by atoms with Crippen molar-refractivity contribution in [1.29, 1.82) is 0 Å². The highest BCUT2D eigenvalue weighted by molar-refractivity contribution is 5.95. The van der Waals surface area contributed by atoms with Crippen LogP contribution in [0.15, 0.2) is 24.7 Å². The summed E-state index contributed by atoms with van der Waals surface area (Å²) >= 11 is 0. The van der Waals surface area contributed by atoms with E-state index in [-0.39, 0.29) is 18.1 Å². The minimum Gasteiger partial charge on any atom is -0.341 e. The van der Waals surface area contributed by atoms with E-state index in [1.165, 1.54) is 17.4 Å². The normalized spacial score (nSPS) is 17.1. The highest BCUT2D eigenvalue weighted by Gasteiger charge is 2.32. The Bertz CT molecular complexity index is 756. The second kappa shape index (κ2) is 6.34. The molecule has 0 aliphatic carbocycles. The summed E-state index contributed by atoms with van der Waals surface area (Å²) in [5.74, 6) is -5.64. The Balaban J connectivity index is 1.64. The van der Waals surface area contributed by atoms with E-state index in [0.29, 0.717) is 30.8 Å². The highest BCUT2D eigenvalue weighted by atomic mass is 19.2. The number of hydrogen-bond donors (Lipinski definition) is 2. The number of aromatic nitrogens is 2. The van der Waals surface area contributed by atoms with Crippen LogP contribution in [0.4, 0.5) is 18.9 Å². The topological polar surface area (TPSA) is 78.1 Å². The first-order chi connectivity index (χ1) is 11.5. The molecule has 0 spiro atoms. The molecule has 0 bridgehead atoms. The summed E-state index contributed by atoms with van der Waals surface area (Å²) in [7, 11) is 0. The van der Waals surface area contributed by atoms with Gasteiger partial charge < -0.3 is 15.2 Å². The summed E-state index contributed by atoms with van der Waals surface area (Å²) in [6.45, 7) is 0.553. The number of carbonyl (C=O) groups is 2. The zero-order valence-electron chi connectivity index (χ0n) is 12.4. The first-order valence-corrected chi connectivity index (χ1v) is 7.18. The van der Waals surface area contributed by atoms with E-state index < -0.39 is 29.3 Å². The number of nitrogens with one attached hydrogen (secondary N) is 2. The number of H-pyrrole nitrogens is 1. The maximum Gasteiger partial charge on any atom is 0.271 e. The number of imidazole rings is 1. The Labute approximate surface area is 134 Å². The summed E-state index contributed by atoms with van der Waals surface area (Å²) in [4.78, 5) is 32.3. The number of nitrogens with zero attached hydrogens (tertiary/aromatic N) is 2. The molecule has 0 radical (unpaired) electrons. The van der Waals surface area contributed by atoms with Gasteiger partial charge in [-0.1, -0.05) is 0 Å². The first kappa shape index (κ1) is 16.0. The largest absolute Gasteiger partial charge is 0.341 e. The molecule has 0 saturated carbocycles. The number of anilines is 1. The quantitative estimate of drug-likeness (QED) is 0.840. The molecule has 3 rings (SSSR count). The first-order valence-electron chi connectivity index (χ1n) is 7.18. The molecule has 6 nitrogen and oxygen atoms in total. The van der Waals surface area contributed by atoms with E-state index in [2.05, 4.69) is 15.3 Å². The summed E-state index contributed by atoms with van der Waals surface area (Å²) < 4.78 is 39.2. The third kappa shape index (κ3) is 3.10. The molecular weight excluding hydrogens is 325 g/mol. The fraction of sp³-hybridized carbons (Fsp3) is 0.267. The number of hydrogen-bond acceptors (Lipinski definition) is 3. The molecule has 1 aromatic carbocycles. The third-order valence-corrected chi connectivity index (χ3v) is 3.83. The molecule has 1 aromatic heterocycles. The van der Waals surface area contributed by atoms with Crippen molar-refractivity contribution in [3.8, 4) is 0 Å². The molecule has 1 fully saturated rings. The Morgan fingerprint density at radius 1 is 1.25 bits per heavy atom. The van der Waals surface area contributed by atoms with Crippen LogP contribution in [0.1, 0.15) is 16.9 Å². The van der Waals surface area contributed by atoms with Crippen LogP contribution < -0.4 is 5.32 Å². The molecule has 24 heavy (non-hydrogen) atoms. The zero-order chi connectivity index (χ0) is 17.3. The molecule has 1 atom stereocenters. The predicted octanol–water partition coefficient (Wildman–Crippen LogP) is 1.93. The summed E-state index contributed by atoms with van der Waals surface area (Å²) in [5, 5.41) is 2.34. The molecule has 2 amide bonds. The molecular formula is C15H13F3N4O2. The monoisotopic (exact) mass is 338 g/mol. The van der Waals surface area contributed by atoms with E-state index in [4.69, 9.17) is 0 Å². The van der Waals surface area contributed by atoms with Crippen molar-refractivity contribution in [1.82, 2.24) is 14.9 Å². The van der Waals surface area contributed by atoms with Crippen molar-refractivity contribution in [2.75, 3.05) is 18.4 Å². The number of aromatic amines is 1. The summed E-state index contributed by atoms with van der Waals surface area (Å²) in [5.41, 5.74) is 0.147. The summed E-state index contributed by atoms with van der Waals surface area (Å²) in [6, 6.07) is 1.41. The van der Waals surface area contributed by atoms with Crippen molar-refractivity contribution in [2.24, 2.45) is 5.92 Å². The average molecular weight is 338 g/mol. The number of carbonyl (C=O) groups excluding carboxylic acids is 2. The van der Waals surface area contributed by atoms with Crippen LogP contribution in [0.3, 0.4) is 0 Å². The van der Waals surface area contributed by atoms with Crippen LogP contribution >= 0.6 is 0 Å². The smallest absolute Gasteiger partial charge is 0.271 e. The van der Waals surface area contributed by atoms with E-state index in [1.54, 1.807) is 0 Å². The molecule has 0 unspecified atom stereocenters. The van der Waals surface area contributed by atoms with Gasteiger partial charge in [-0.2, -0.15) is 0 Å². The van der Waals surface area contributed by atoms with Crippen LogP contribution in [-0.4, -0.2) is 39.8 Å². The number of amides is 2. The van der Waals surface area contributed by atoms with Crippen LogP contribution in [0, 0.1) is 23.4 Å². The molecule has 2 aromatic rings. The van der Waals surface area contributed by atoms with Crippen molar-refractivity contribution >= 4 is 17.5 Å². The lowest BCUT2D eigenvalue weighted by molar-refractivity contribution is -0.119. The van der Waals surface area contributed by atoms with Gasteiger partial charge in [0.15, 0.2) is 17.5 Å². The Morgan fingerprint density at radius 2 is 1.96 bits per heavy atom. The highest BCUT2D eigenvalue weighted by Crippen LogP contribution is 2.22. The lowest BCUT2D eigenvalue weighted by Gasteiger charge is -2.15. The van der Waals surface area contributed by atoms with Crippen molar-refractivity contribution in [3.05, 3.63) is 47.8 Å². The number of rotatable bonds is 3. The third-order valence-electron chi connectivity index (χ3n) is 3.83. The Hall–Kier alpha value is -2.84. The van der Waals surface area contributed by atoms with Gasteiger partial charge >= 0.3 is 0 Å². The number of benzene rings is 1. The van der Waals surface area contributed by atoms with Gasteiger partial charge in [0.05, 0.1) is 18.4 Å². The number of likely N-dealkylation sites (tertiary alicyclic amines) is 1. The molecule has 1 aliphatic rings. The van der Waals surface area contributed by atoms with Crippen LogP contribution in [-0.2, 0) is 4.79 Å². The van der Waals surface area contributed by atoms with Crippen molar-refractivity contribution in [2.45, 2.75) is 6.42 Å². The van der Waals surface area contributed by atoms with Gasteiger partial charge in [0, 0.05) is 30.9 Å². The second-order valence-corrected chi connectivity index (χ2v) is 5.45. The van der Waals surface area contributed by atoms with Gasteiger partial charge in [0.2, 0.25) is 5.91 Å². The lowest BCUT2D eigenvalue weighted by atomic mass is 10.1. The predicted molar refractivity (Wildman–Crippen MR) is 77.5 cm³/mol. The van der Waals surface area contributed by atoms with E-state index in [0.717, 1.165) is 0 Å². The second-order valence-electron chi connectivity index (χ2n) is 5.45. The molecule has 126 valence electrons. The molecule has 1 saturated heterocycles. The molecule has 2 heterocycles. The fourth-order valence-electron chi connectivity index (χ4n) is 2.57. The van der Waals surface area contributed by atoms with Crippen LogP contribution in [0.25, 0.3) is 0 Å². The van der Waals surface area contributed by atoms with Gasteiger partial charge in [0.25, 0.3) is 5.91 Å². The fourth-order valence-corrected chi connectivity index (χ4v) is 2.57. The van der Waals surface area contributed by atoms with E-state index in [9.17, 15) is 22.8 Å². The van der Waals surface area contributed by atoms with Crippen LogP contribution in [0.2, 0.25) is 0 Å². The standard InChI is InChI=1S/C15H13F3N4O2/c16-10-3-9(4-11(17)13(10)18)21-14(23)8-1-2-22(6-8)15(24)12-5-19-7-20-12/h3-5,7-8H,1-2,6H2,(H,19,20)(H,21,23)/t8-/m0/s1. The van der Waals surface area contributed by atoms with Gasteiger partial charge in [-0.3, -0.25) is 9.59 Å².